The van der Waals surface area contributed by atoms with Gasteiger partial charge in [-0.2, -0.15) is 0 Å². The highest BCUT2D eigenvalue weighted by molar-refractivity contribution is 6.36. The Balaban J connectivity index is 2.49. The SMILES string of the molecule is CCOC(=O)CC(C)NC(=O)Nc1ccc(Cl)cc1Cl. The van der Waals surface area contributed by atoms with Crippen LogP contribution in [0.1, 0.15) is 20.3 Å². The van der Waals surface area contributed by atoms with E-state index in [0.717, 1.165) is 0 Å². The van der Waals surface area contributed by atoms with Gasteiger partial charge in [0.1, 0.15) is 0 Å². The first kappa shape index (κ1) is 16.6. The van der Waals surface area contributed by atoms with Crippen molar-refractivity contribution in [3.63, 3.8) is 0 Å². The molecular formula is C13H16Cl2N2O3. The minimum atomic E-state index is -0.453. The summed E-state index contributed by atoms with van der Waals surface area (Å²) in [6.45, 7) is 3.75. The lowest BCUT2D eigenvalue weighted by Crippen LogP contribution is -2.37. The molecule has 110 valence electrons. The fraction of sp³-hybridized carbons (Fsp3) is 0.385. The van der Waals surface area contributed by atoms with Crippen LogP contribution in [0.4, 0.5) is 10.5 Å². The number of hydrogen-bond donors (Lipinski definition) is 2. The second-order valence-corrected chi connectivity index (χ2v) is 4.98. The Morgan fingerprint density at radius 3 is 2.65 bits per heavy atom. The number of amides is 2. The van der Waals surface area contributed by atoms with E-state index in [9.17, 15) is 9.59 Å². The third-order valence-electron chi connectivity index (χ3n) is 2.34. The Morgan fingerprint density at radius 2 is 2.05 bits per heavy atom. The Bertz CT molecular complexity index is 495. The summed E-state index contributed by atoms with van der Waals surface area (Å²) in [5.74, 6) is -0.357. The minimum absolute atomic E-state index is 0.107. The number of anilines is 1. The van der Waals surface area contributed by atoms with Crippen LogP contribution in [-0.2, 0) is 9.53 Å². The Morgan fingerprint density at radius 1 is 1.35 bits per heavy atom. The zero-order valence-electron chi connectivity index (χ0n) is 11.2. The van der Waals surface area contributed by atoms with Crippen molar-refractivity contribution < 1.29 is 14.3 Å². The third-order valence-corrected chi connectivity index (χ3v) is 2.88. The van der Waals surface area contributed by atoms with Crippen molar-refractivity contribution in [1.29, 1.82) is 0 Å². The average molecular weight is 319 g/mol. The molecule has 0 bridgehead atoms. The molecule has 7 heteroatoms. The zero-order chi connectivity index (χ0) is 15.1. The lowest BCUT2D eigenvalue weighted by Gasteiger charge is -2.14. The van der Waals surface area contributed by atoms with Crippen molar-refractivity contribution in [3.05, 3.63) is 28.2 Å². The number of carbonyl (C=O) groups excluding carboxylic acids is 2. The van der Waals surface area contributed by atoms with Crippen molar-refractivity contribution >= 4 is 40.9 Å². The van der Waals surface area contributed by atoms with Crippen LogP contribution in [0.3, 0.4) is 0 Å². The van der Waals surface area contributed by atoms with Gasteiger partial charge in [-0.05, 0) is 32.0 Å². The number of benzene rings is 1. The third kappa shape index (κ3) is 5.67. The topological polar surface area (TPSA) is 67.4 Å². The highest BCUT2D eigenvalue weighted by Gasteiger charge is 2.13. The van der Waals surface area contributed by atoms with Gasteiger partial charge < -0.3 is 15.4 Å². The van der Waals surface area contributed by atoms with Crippen LogP contribution in [0.25, 0.3) is 0 Å². The zero-order valence-corrected chi connectivity index (χ0v) is 12.7. The van der Waals surface area contributed by atoms with Crippen LogP contribution < -0.4 is 10.6 Å². The van der Waals surface area contributed by atoms with Crippen molar-refractivity contribution in [2.24, 2.45) is 0 Å². The number of halogens is 2. The maximum absolute atomic E-state index is 11.7. The van der Waals surface area contributed by atoms with Crippen LogP contribution in [0.2, 0.25) is 10.0 Å². The molecule has 5 nitrogen and oxygen atoms in total. The Kier molecular flexibility index (Phi) is 6.61. The average Bonchev–Trinajstić information content (AvgIpc) is 2.32. The standard InChI is InChI=1S/C13H16Cl2N2O3/c1-3-20-12(18)6-8(2)16-13(19)17-11-5-4-9(14)7-10(11)15/h4-5,7-8H,3,6H2,1-2H3,(H2,16,17,19). The number of esters is 1. The van der Waals surface area contributed by atoms with E-state index in [1.165, 1.54) is 6.07 Å². The van der Waals surface area contributed by atoms with Gasteiger partial charge in [-0.3, -0.25) is 4.79 Å². The second kappa shape index (κ2) is 7.97. The smallest absolute Gasteiger partial charge is 0.319 e. The molecule has 0 aliphatic heterocycles. The molecule has 1 aromatic carbocycles. The molecule has 0 spiro atoms. The van der Waals surface area contributed by atoms with Gasteiger partial charge in [0.25, 0.3) is 0 Å². The van der Waals surface area contributed by atoms with Gasteiger partial charge in [0, 0.05) is 11.1 Å². The molecule has 0 radical (unpaired) electrons. The molecular weight excluding hydrogens is 303 g/mol. The Labute approximate surface area is 127 Å². The maximum Gasteiger partial charge on any atom is 0.319 e. The molecule has 20 heavy (non-hydrogen) atoms. The molecule has 0 saturated heterocycles. The van der Waals surface area contributed by atoms with Crippen molar-refractivity contribution in [3.8, 4) is 0 Å². The lowest BCUT2D eigenvalue weighted by atomic mass is 10.2. The first-order valence-corrected chi connectivity index (χ1v) is 6.86. The quantitative estimate of drug-likeness (QED) is 0.817. The molecule has 1 aromatic rings. The van der Waals surface area contributed by atoms with Crippen LogP contribution in [0.5, 0.6) is 0 Å². The van der Waals surface area contributed by atoms with E-state index >= 15 is 0 Å². The van der Waals surface area contributed by atoms with E-state index in [4.69, 9.17) is 27.9 Å². The summed E-state index contributed by atoms with van der Waals surface area (Å²) in [6, 6.07) is 3.94. The number of ether oxygens (including phenoxy) is 1. The molecule has 0 aromatic heterocycles. The van der Waals surface area contributed by atoms with Crippen LogP contribution in [0.15, 0.2) is 18.2 Å². The summed E-state index contributed by atoms with van der Waals surface area (Å²) >= 11 is 11.7. The predicted octanol–water partition coefficient (Wildman–Crippen LogP) is 3.46. The fourth-order valence-electron chi connectivity index (χ4n) is 1.49. The monoisotopic (exact) mass is 318 g/mol. The molecule has 2 amide bonds. The highest BCUT2D eigenvalue weighted by Crippen LogP contribution is 2.25. The first-order chi connectivity index (χ1) is 9.42. The van der Waals surface area contributed by atoms with Gasteiger partial charge >= 0.3 is 12.0 Å². The minimum Gasteiger partial charge on any atom is -0.466 e. The number of hydrogen-bond acceptors (Lipinski definition) is 3. The normalized spacial score (nSPS) is 11.6. The van der Waals surface area contributed by atoms with Gasteiger partial charge in [0.2, 0.25) is 0 Å². The molecule has 1 rings (SSSR count). The second-order valence-electron chi connectivity index (χ2n) is 4.13. The van der Waals surface area contributed by atoms with Crippen molar-refractivity contribution in [2.45, 2.75) is 26.3 Å². The lowest BCUT2D eigenvalue weighted by molar-refractivity contribution is -0.143. The molecule has 0 fully saturated rings. The summed E-state index contributed by atoms with van der Waals surface area (Å²) in [5.41, 5.74) is 0.442. The molecule has 0 aliphatic carbocycles. The summed E-state index contributed by atoms with van der Waals surface area (Å²) in [6.07, 6.45) is 0.107. The van der Waals surface area contributed by atoms with Crippen LogP contribution in [-0.4, -0.2) is 24.6 Å². The largest absolute Gasteiger partial charge is 0.466 e. The highest BCUT2D eigenvalue weighted by atomic mass is 35.5. The number of rotatable bonds is 5. The van der Waals surface area contributed by atoms with E-state index < -0.39 is 6.03 Å². The molecule has 0 aliphatic rings. The van der Waals surface area contributed by atoms with Gasteiger partial charge in [0.15, 0.2) is 0 Å². The van der Waals surface area contributed by atoms with Crippen LogP contribution in [0, 0.1) is 0 Å². The van der Waals surface area contributed by atoms with Gasteiger partial charge in [-0.1, -0.05) is 23.2 Å². The summed E-state index contributed by atoms with van der Waals surface area (Å²) in [5, 5.41) is 6.02. The van der Waals surface area contributed by atoms with Gasteiger partial charge in [-0.15, -0.1) is 0 Å². The maximum atomic E-state index is 11.7. The van der Waals surface area contributed by atoms with E-state index in [-0.39, 0.29) is 18.4 Å². The molecule has 2 N–H and O–H groups in total. The number of nitrogens with one attached hydrogen (secondary N) is 2. The van der Waals surface area contributed by atoms with E-state index in [0.29, 0.717) is 22.3 Å². The molecule has 1 unspecified atom stereocenters. The summed E-state index contributed by atoms with van der Waals surface area (Å²) in [4.78, 5) is 23.0. The molecule has 0 heterocycles. The number of carbonyl (C=O) groups is 2. The van der Waals surface area contributed by atoms with Crippen LogP contribution >= 0.6 is 23.2 Å². The molecule has 0 saturated carbocycles. The molecule has 1 atom stereocenters. The first-order valence-electron chi connectivity index (χ1n) is 6.10. The van der Waals surface area contributed by atoms with E-state index in [1.807, 2.05) is 0 Å². The fourth-order valence-corrected chi connectivity index (χ4v) is 1.95. The summed E-state index contributed by atoms with van der Waals surface area (Å²) < 4.78 is 4.80. The summed E-state index contributed by atoms with van der Waals surface area (Å²) in [7, 11) is 0. The predicted molar refractivity (Wildman–Crippen MR) is 79.3 cm³/mol. The van der Waals surface area contributed by atoms with E-state index in [2.05, 4.69) is 10.6 Å². The van der Waals surface area contributed by atoms with Crippen molar-refractivity contribution in [1.82, 2.24) is 5.32 Å². The van der Waals surface area contributed by atoms with Gasteiger partial charge in [-0.25, -0.2) is 4.79 Å². The number of urea groups is 1. The van der Waals surface area contributed by atoms with Gasteiger partial charge in [0.05, 0.1) is 23.7 Å². The Hall–Kier alpha value is -1.46. The van der Waals surface area contributed by atoms with E-state index in [1.54, 1.807) is 26.0 Å². The van der Waals surface area contributed by atoms with Crippen molar-refractivity contribution in [2.75, 3.05) is 11.9 Å².